The molecule has 2 aromatic heterocycles. The highest BCUT2D eigenvalue weighted by Gasteiger charge is 2.07. The first-order valence-electron chi connectivity index (χ1n) is 5.74. The Morgan fingerprint density at radius 3 is 2.83 bits per heavy atom. The van der Waals surface area contributed by atoms with Crippen LogP contribution in [-0.2, 0) is 6.54 Å². The lowest BCUT2D eigenvalue weighted by Crippen LogP contribution is -2.11. The molecule has 3 N–H and O–H groups in total. The van der Waals surface area contributed by atoms with Crippen LogP contribution >= 0.6 is 0 Å². The van der Waals surface area contributed by atoms with Gasteiger partial charge in [0, 0.05) is 5.39 Å². The first kappa shape index (κ1) is 10.9. The highest BCUT2D eigenvalue weighted by atomic mass is 15.0. The van der Waals surface area contributed by atoms with Gasteiger partial charge in [-0.05, 0) is 19.2 Å². The van der Waals surface area contributed by atoms with E-state index >= 15 is 0 Å². The van der Waals surface area contributed by atoms with E-state index in [-0.39, 0.29) is 0 Å². The third kappa shape index (κ3) is 1.74. The van der Waals surface area contributed by atoms with Crippen LogP contribution in [0.1, 0.15) is 5.82 Å². The SMILES string of the molecule is CNCc1nc(N)c2cc3ccccc3nc2n1. The van der Waals surface area contributed by atoms with Gasteiger partial charge in [0.25, 0.3) is 0 Å². The van der Waals surface area contributed by atoms with E-state index in [9.17, 15) is 0 Å². The van der Waals surface area contributed by atoms with E-state index in [4.69, 9.17) is 5.73 Å². The van der Waals surface area contributed by atoms with Crippen LogP contribution in [0.5, 0.6) is 0 Å². The number of para-hydroxylation sites is 1. The maximum Gasteiger partial charge on any atom is 0.165 e. The van der Waals surface area contributed by atoms with E-state index in [0.717, 1.165) is 16.3 Å². The molecule has 0 fully saturated rings. The molecule has 0 unspecified atom stereocenters. The van der Waals surface area contributed by atoms with Crippen molar-refractivity contribution in [2.24, 2.45) is 0 Å². The fraction of sp³-hybridized carbons (Fsp3) is 0.154. The number of fused-ring (bicyclic) bond motifs is 2. The summed E-state index contributed by atoms with van der Waals surface area (Å²) in [4.78, 5) is 13.2. The molecule has 0 radical (unpaired) electrons. The summed E-state index contributed by atoms with van der Waals surface area (Å²) in [5, 5.41) is 4.85. The number of nitrogens with one attached hydrogen (secondary N) is 1. The van der Waals surface area contributed by atoms with Crippen LogP contribution in [0.25, 0.3) is 21.9 Å². The Labute approximate surface area is 104 Å². The smallest absolute Gasteiger partial charge is 0.165 e. The summed E-state index contributed by atoms with van der Waals surface area (Å²) in [5.41, 5.74) is 7.52. The summed E-state index contributed by atoms with van der Waals surface area (Å²) in [7, 11) is 1.84. The molecule has 5 heteroatoms. The summed E-state index contributed by atoms with van der Waals surface area (Å²) in [6.07, 6.45) is 0. The van der Waals surface area contributed by atoms with Crippen molar-refractivity contribution in [1.29, 1.82) is 0 Å². The van der Waals surface area contributed by atoms with Gasteiger partial charge in [0.1, 0.15) is 11.6 Å². The van der Waals surface area contributed by atoms with Crippen molar-refractivity contribution in [3.8, 4) is 0 Å². The molecule has 0 aliphatic rings. The number of rotatable bonds is 2. The van der Waals surface area contributed by atoms with Crippen LogP contribution < -0.4 is 11.1 Å². The largest absolute Gasteiger partial charge is 0.383 e. The minimum Gasteiger partial charge on any atom is -0.383 e. The monoisotopic (exact) mass is 239 g/mol. The van der Waals surface area contributed by atoms with E-state index in [1.54, 1.807) is 0 Å². The predicted molar refractivity (Wildman–Crippen MR) is 72.0 cm³/mol. The summed E-state index contributed by atoms with van der Waals surface area (Å²) in [6.45, 7) is 0.578. The molecule has 0 saturated carbocycles. The van der Waals surface area contributed by atoms with Crippen molar-refractivity contribution >= 4 is 27.8 Å². The Morgan fingerprint density at radius 1 is 1.17 bits per heavy atom. The van der Waals surface area contributed by atoms with Crippen LogP contribution in [0.4, 0.5) is 5.82 Å². The number of benzene rings is 1. The van der Waals surface area contributed by atoms with Crippen molar-refractivity contribution in [1.82, 2.24) is 20.3 Å². The van der Waals surface area contributed by atoms with Crippen LogP contribution in [0.3, 0.4) is 0 Å². The quantitative estimate of drug-likeness (QED) is 0.662. The molecule has 0 spiro atoms. The van der Waals surface area contributed by atoms with Gasteiger partial charge >= 0.3 is 0 Å². The summed E-state index contributed by atoms with van der Waals surface area (Å²) < 4.78 is 0. The van der Waals surface area contributed by atoms with Crippen molar-refractivity contribution in [3.63, 3.8) is 0 Å². The molecule has 3 rings (SSSR count). The van der Waals surface area contributed by atoms with Crippen LogP contribution in [-0.4, -0.2) is 22.0 Å². The molecule has 0 saturated heterocycles. The van der Waals surface area contributed by atoms with Gasteiger partial charge in [-0.3, -0.25) is 0 Å². The van der Waals surface area contributed by atoms with Gasteiger partial charge in [-0.15, -0.1) is 0 Å². The topological polar surface area (TPSA) is 76.7 Å². The molecule has 0 amide bonds. The highest BCUT2D eigenvalue weighted by molar-refractivity contribution is 5.95. The Bertz CT molecular complexity index is 723. The molecule has 0 aliphatic heterocycles. The van der Waals surface area contributed by atoms with E-state index in [1.165, 1.54) is 0 Å². The zero-order valence-electron chi connectivity index (χ0n) is 10.0. The second-order valence-electron chi connectivity index (χ2n) is 4.11. The molecule has 0 bridgehead atoms. The molecule has 5 nitrogen and oxygen atoms in total. The van der Waals surface area contributed by atoms with Crippen molar-refractivity contribution in [2.45, 2.75) is 6.54 Å². The third-order valence-electron chi connectivity index (χ3n) is 2.80. The zero-order valence-corrected chi connectivity index (χ0v) is 10.0. The van der Waals surface area contributed by atoms with Gasteiger partial charge in [-0.25, -0.2) is 15.0 Å². The number of nitrogen functional groups attached to an aromatic ring is 1. The Morgan fingerprint density at radius 2 is 2.00 bits per heavy atom. The average Bonchev–Trinajstić information content (AvgIpc) is 2.37. The van der Waals surface area contributed by atoms with Crippen molar-refractivity contribution < 1.29 is 0 Å². The Balaban J connectivity index is 2.32. The third-order valence-corrected chi connectivity index (χ3v) is 2.80. The summed E-state index contributed by atoms with van der Waals surface area (Å²) >= 11 is 0. The lowest BCUT2D eigenvalue weighted by Gasteiger charge is -2.05. The molecular formula is C13H13N5. The maximum atomic E-state index is 5.96. The molecule has 0 atom stereocenters. The number of hydrogen-bond donors (Lipinski definition) is 2. The molecule has 1 aromatic carbocycles. The number of hydrogen-bond acceptors (Lipinski definition) is 5. The van der Waals surface area contributed by atoms with Crippen LogP contribution in [0.2, 0.25) is 0 Å². The zero-order chi connectivity index (χ0) is 12.5. The van der Waals surface area contributed by atoms with Gasteiger partial charge in [0.05, 0.1) is 17.4 Å². The standard InChI is InChI=1S/C13H13N5/c1-15-7-11-17-12(14)9-6-8-4-2-3-5-10(8)16-13(9)18-11/h2-6,15H,7H2,1H3,(H2,14,16,17,18). The van der Waals surface area contributed by atoms with Gasteiger partial charge in [-0.2, -0.15) is 0 Å². The number of anilines is 1. The summed E-state index contributed by atoms with van der Waals surface area (Å²) in [6, 6.07) is 9.88. The van der Waals surface area contributed by atoms with Crippen molar-refractivity contribution in [3.05, 3.63) is 36.2 Å². The lowest BCUT2D eigenvalue weighted by atomic mass is 10.2. The highest BCUT2D eigenvalue weighted by Crippen LogP contribution is 2.21. The molecular weight excluding hydrogens is 226 g/mol. The van der Waals surface area contributed by atoms with E-state index in [2.05, 4.69) is 20.3 Å². The number of nitrogens with zero attached hydrogens (tertiary/aromatic N) is 3. The van der Waals surface area contributed by atoms with Gasteiger partial charge in [-0.1, -0.05) is 18.2 Å². The number of aromatic nitrogens is 3. The lowest BCUT2D eigenvalue weighted by molar-refractivity contribution is 0.765. The Kier molecular flexibility index (Phi) is 2.53. The number of nitrogens with two attached hydrogens (primary N) is 1. The molecule has 2 heterocycles. The van der Waals surface area contributed by atoms with Gasteiger partial charge in [0.2, 0.25) is 0 Å². The first-order chi connectivity index (χ1) is 8.78. The Hall–Kier alpha value is -2.27. The normalized spacial score (nSPS) is 11.2. The molecule has 18 heavy (non-hydrogen) atoms. The fourth-order valence-corrected chi connectivity index (χ4v) is 1.96. The predicted octanol–water partition coefficient (Wildman–Crippen LogP) is 1.48. The van der Waals surface area contributed by atoms with Crippen LogP contribution in [0, 0.1) is 0 Å². The molecule has 90 valence electrons. The van der Waals surface area contributed by atoms with Crippen LogP contribution in [0.15, 0.2) is 30.3 Å². The maximum absolute atomic E-state index is 5.96. The van der Waals surface area contributed by atoms with Gasteiger partial charge in [0.15, 0.2) is 5.65 Å². The van der Waals surface area contributed by atoms with E-state index in [1.807, 2.05) is 37.4 Å². The molecule has 3 aromatic rings. The summed E-state index contributed by atoms with van der Waals surface area (Å²) in [5.74, 6) is 1.13. The van der Waals surface area contributed by atoms with E-state index < -0.39 is 0 Å². The number of pyridine rings is 1. The minimum absolute atomic E-state index is 0.475. The van der Waals surface area contributed by atoms with Gasteiger partial charge < -0.3 is 11.1 Å². The fourth-order valence-electron chi connectivity index (χ4n) is 1.96. The molecule has 0 aliphatic carbocycles. The first-order valence-corrected chi connectivity index (χ1v) is 5.74. The average molecular weight is 239 g/mol. The van der Waals surface area contributed by atoms with Crippen molar-refractivity contribution in [2.75, 3.05) is 12.8 Å². The second-order valence-corrected chi connectivity index (χ2v) is 4.11. The second kappa shape index (κ2) is 4.19. The minimum atomic E-state index is 0.475. The van der Waals surface area contributed by atoms with E-state index in [0.29, 0.717) is 23.8 Å².